The van der Waals surface area contributed by atoms with E-state index in [1.165, 1.54) is 4.90 Å². The van der Waals surface area contributed by atoms with Crippen molar-refractivity contribution in [3.8, 4) is 0 Å². The molecule has 7 nitrogen and oxygen atoms in total. The number of anilines is 1. The Morgan fingerprint density at radius 3 is 2.50 bits per heavy atom. The minimum absolute atomic E-state index is 0.179. The summed E-state index contributed by atoms with van der Waals surface area (Å²) in [6, 6.07) is 5.91. The number of hydrogen-bond acceptors (Lipinski definition) is 6. The highest BCUT2D eigenvalue weighted by Gasteiger charge is 2.42. The zero-order chi connectivity index (χ0) is 17.1. The van der Waals surface area contributed by atoms with Crippen LogP contribution in [0, 0.1) is 0 Å². The van der Waals surface area contributed by atoms with Gasteiger partial charge in [0.1, 0.15) is 0 Å². The van der Waals surface area contributed by atoms with Gasteiger partial charge in [-0.25, -0.2) is 9.69 Å². The van der Waals surface area contributed by atoms with Crippen molar-refractivity contribution in [1.29, 1.82) is 0 Å². The van der Waals surface area contributed by atoms with Crippen LogP contribution in [0.2, 0.25) is 0 Å². The predicted octanol–water partition coefficient (Wildman–Crippen LogP) is 0.827. The Morgan fingerprint density at radius 1 is 1.21 bits per heavy atom. The number of carbonyl (C=O) groups excluding carboxylic acids is 3. The summed E-state index contributed by atoms with van der Waals surface area (Å²) in [5.74, 6) is -0.861. The lowest BCUT2D eigenvalue weighted by atomic mass is 10.2. The Labute approximate surface area is 140 Å². The van der Waals surface area contributed by atoms with Crippen molar-refractivity contribution in [3.63, 3.8) is 0 Å². The lowest BCUT2D eigenvalue weighted by molar-refractivity contribution is -0.123. The second kappa shape index (κ2) is 7.11. The summed E-state index contributed by atoms with van der Waals surface area (Å²) < 4.78 is 10.2. The van der Waals surface area contributed by atoms with Gasteiger partial charge in [-0.05, 0) is 31.2 Å². The molecule has 1 aromatic carbocycles. The van der Waals surface area contributed by atoms with Gasteiger partial charge in [-0.3, -0.25) is 14.5 Å². The maximum Gasteiger partial charge on any atom is 0.338 e. The highest BCUT2D eigenvalue weighted by Crippen LogP contribution is 2.26. The van der Waals surface area contributed by atoms with Crippen molar-refractivity contribution in [2.75, 3.05) is 37.8 Å². The SMILES string of the molecule is CCOC(=O)c1ccc(N2C(=O)C[C@@H](N3CCOCC3)C2=O)cc1. The fraction of sp³-hybridized carbons (Fsp3) is 0.471. The molecule has 128 valence electrons. The topological polar surface area (TPSA) is 76.2 Å². The molecule has 2 aliphatic rings. The number of morpholine rings is 1. The van der Waals surface area contributed by atoms with Crippen LogP contribution in [0.15, 0.2) is 24.3 Å². The first-order chi connectivity index (χ1) is 11.6. The molecule has 1 aromatic rings. The number of benzene rings is 1. The molecule has 3 rings (SSSR count). The van der Waals surface area contributed by atoms with E-state index in [-0.39, 0.29) is 18.2 Å². The molecule has 2 heterocycles. The third kappa shape index (κ3) is 3.18. The molecule has 24 heavy (non-hydrogen) atoms. The molecule has 0 spiro atoms. The fourth-order valence-corrected chi connectivity index (χ4v) is 3.02. The smallest absolute Gasteiger partial charge is 0.338 e. The molecular weight excluding hydrogens is 312 g/mol. The minimum atomic E-state index is -0.425. The van der Waals surface area contributed by atoms with Crippen LogP contribution < -0.4 is 4.90 Å². The maximum absolute atomic E-state index is 12.7. The molecule has 0 unspecified atom stereocenters. The number of hydrogen-bond donors (Lipinski definition) is 0. The summed E-state index contributed by atoms with van der Waals surface area (Å²) in [4.78, 5) is 39.9. The first-order valence-corrected chi connectivity index (χ1v) is 8.07. The molecule has 0 bridgehead atoms. The van der Waals surface area contributed by atoms with E-state index < -0.39 is 12.0 Å². The molecular formula is C17H20N2O5. The third-order valence-electron chi connectivity index (χ3n) is 4.25. The van der Waals surface area contributed by atoms with Gasteiger partial charge in [-0.1, -0.05) is 0 Å². The third-order valence-corrected chi connectivity index (χ3v) is 4.25. The van der Waals surface area contributed by atoms with Crippen molar-refractivity contribution in [3.05, 3.63) is 29.8 Å². The van der Waals surface area contributed by atoms with Crippen LogP contribution in [0.4, 0.5) is 5.69 Å². The first-order valence-electron chi connectivity index (χ1n) is 8.07. The molecule has 0 radical (unpaired) electrons. The number of nitrogens with zero attached hydrogens (tertiary/aromatic N) is 2. The Kier molecular flexibility index (Phi) is 4.92. The number of esters is 1. The number of amides is 2. The zero-order valence-electron chi connectivity index (χ0n) is 13.6. The van der Waals surface area contributed by atoms with E-state index in [0.29, 0.717) is 44.2 Å². The summed E-state index contributed by atoms with van der Waals surface area (Å²) in [6.45, 7) is 4.49. The van der Waals surface area contributed by atoms with Gasteiger partial charge in [0.2, 0.25) is 5.91 Å². The predicted molar refractivity (Wildman–Crippen MR) is 85.7 cm³/mol. The Morgan fingerprint density at radius 2 is 1.88 bits per heavy atom. The fourth-order valence-electron chi connectivity index (χ4n) is 3.02. The Hall–Kier alpha value is -2.25. The molecule has 2 aliphatic heterocycles. The van der Waals surface area contributed by atoms with E-state index in [2.05, 4.69) is 0 Å². The van der Waals surface area contributed by atoms with Gasteiger partial charge >= 0.3 is 5.97 Å². The summed E-state index contributed by atoms with van der Waals surface area (Å²) in [7, 11) is 0. The summed E-state index contributed by atoms with van der Waals surface area (Å²) in [5, 5.41) is 0. The highest BCUT2D eigenvalue weighted by atomic mass is 16.5. The highest BCUT2D eigenvalue weighted by molar-refractivity contribution is 6.22. The van der Waals surface area contributed by atoms with E-state index in [1.54, 1.807) is 31.2 Å². The van der Waals surface area contributed by atoms with Crippen molar-refractivity contribution >= 4 is 23.5 Å². The van der Waals surface area contributed by atoms with Crippen LogP contribution in [0.5, 0.6) is 0 Å². The standard InChI is InChI=1S/C17H20N2O5/c1-2-24-17(22)12-3-5-13(6-4-12)19-15(20)11-14(16(19)21)18-7-9-23-10-8-18/h3-6,14H,2,7-11H2,1H3/t14-/m1/s1. The molecule has 2 amide bonds. The van der Waals surface area contributed by atoms with E-state index in [1.807, 2.05) is 4.90 Å². The van der Waals surface area contributed by atoms with Gasteiger partial charge in [0.25, 0.3) is 5.91 Å². The van der Waals surface area contributed by atoms with E-state index in [0.717, 1.165) is 0 Å². The lowest BCUT2D eigenvalue weighted by Gasteiger charge is -2.30. The van der Waals surface area contributed by atoms with Crippen LogP contribution in [0.25, 0.3) is 0 Å². The second-order valence-electron chi connectivity index (χ2n) is 5.70. The van der Waals surface area contributed by atoms with Crippen molar-refractivity contribution < 1.29 is 23.9 Å². The monoisotopic (exact) mass is 332 g/mol. The lowest BCUT2D eigenvalue weighted by Crippen LogP contribution is -2.47. The normalized spacial score (nSPS) is 22.0. The van der Waals surface area contributed by atoms with Gasteiger partial charge in [-0.15, -0.1) is 0 Å². The molecule has 2 fully saturated rings. The van der Waals surface area contributed by atoms with Gasteiger partial charge in [-0.2, -0.15) is 0 Å². The maximum atomic E-state index is 12.7. The molecule has 0 aromatic heterocycles. The largest absolute Gasteiger partial charge is 0.462 e. The van der Waals surface area contributed by atoms with Gasteiger partial charge in [0, 0.05) is 13.1 Å². The van der Waals surface area contributed by atoms with Crippen LogP contribution in [-0.4, -0.2) is 61.6 Å². The van der Waals surface area contributed by atoms with Crippen LogP contribution in [0.1, 0.15) is 23.7 Å². The number of ether oxygens (including phenoxy) is 2. The van der Waals surface area contributed by atoms with E-state index in [9.17, 15) is 14.4 Å². The van der Waals surface area contributed by atoms with Crippen LogP contribution in [0.3, 0.4) is 0 Å². The molecule has 0 saturated carbocycles. The number of imide groups is 1. The Bertz CT molecular complexity index is 637. The average Bonchev–Trinajstić information content (AvgIpc) is 2.90. The zero-order valence-corrected chi connectivity index (χ0v) is 13.6. The van der Waals surface area contributed by atoms with Crippen molar-refractivity contribution in [2.45, 2.75) is 19.4 Å². The summed E-state index contributed by atoms with van der Waals surface area (Å²) >= 11 is 0. The quantitative estimate of drug-likeness (QED) is 0.600. The number of carbonyl (C=O) groups is 3. The summed E-state index contributed by atoms with van der Waals surface area (Å²) in [5.41, 5.74) is 0.873. The first kappa shape index (κ1) is 16.6. The minimum Gasteiger partial charge on any atom is -0.462 e. The van der Waals surface area contributed by atoms with Gasteiger partial charge < -0.3 is 9.47 Å². The molecule has 1 atom stereocenters. The van der Waals surface area contributed by atoms with E-state index in [4.69, 9.17) is 9.47 Å². The van der Waals surface area contributed by atoms with Crippen molar-refractivity contribution in [2.24, 2.45) is 0 Å². The molecule has 7 heteroatoms. The molecule has 2 saturated heterocycles. The molecule has 0 N–H and O–H groups in total. The van der Waals surface area contributed by atoms with Gasteiger partial charge in [0.15, 0.2) is 0 Å². The number of rotatable bonds is 4. The average molecular weight is 332 g/mol. The van der Waals surface area contributed by atoms with Gasteiger partial charge in [0.05, 0.1) is 43.5 Å². The van der Waals surface area contributed by atoms with E-state index >= 15 is 0 Å². The van der Waals surface area contributed by atoms with Crippen molar-refractivity contribution in [1.82, 2.24) is 4.90 Å². The van der Waals surface area contributed by atoms with Crippen LogP contribution >= 0.6 is 0 Å². The second-order valence-corrected chi connectivity index (χ2v) is 5.70. The van der Waals surface area contributed by atoms with Crippen LogP contribution in [-0.2, 0) is 19.1 Å². The molecule has 0 aliphatic carbocycles. The summed E-state index contributed by atoms with van der Waals surface area (Å²) in [6.07, 6.45) is 0.179. The Balaban J connectivity index is 1.75.